The number of nitrogens with zero attached hydrogens (tertiary/aromatic N) is 2. The van der Waals surface area contributed by atoms with Gasteiger partial charge in [0.15, 0.2) is 0 Å². The molecule has 5 heteroatoms. The van der Waals surface area contributed by atoms with Gasteiger partial charge in [-0.2, -0.15) is 0 Å². The summed E-state index contributed by atoms with van der Waals surface area (Å²) >= 11 is 0. The molecule has 2 aliphatic rings. The van der Waals surface area contributed by atoms with Crippen molar-refractivity contribution in [1.82, 2.24) is 20.5 Å². The van der Waals surface area contributed by atoms with E-state index in [2.05, 4.69) is 22.6 Å². The van der Waals surface area contributed by atoms with Crippen LogP contribution in [-0.2, 0) is 0 Å². The molecule has 2 N–H and O–H groups in total. The fourth-order valence-corrected chi connectivity index (χ4v) is 3.97. The van der Waals surface area contributed by atoms with E-state index in [4.69, 9.17) is 4.98 Å². The Balaban J connectivity index is 1.63. The van der Waals surface area contributed by atoms with Crippen LogP contribution in [0.1, 0.15) is 59.8 Å². The topological polar surface area (TPSA) is 57.3 Å². The normalized spacial score (nSPS) is 22.7. The van der Waals surface area contributed by atoms with Gasteiger partial charge in [0.25, 0.3) is 5.91 Å². The molecule has 132 valence electrons. The van der Waals surface area contributed by atoms with Gasteiger partial charge in [-0.25, -0.2) is 0 Å². The minimum atomic E-state index is 0.0386. The first kappa shape index (κ1) is 17.4. The Hall–Kier alpha value is -1.46. The van der Waals surface area contributed by atoms with Gasteiger partial charge in [-0.05, 0) is 77.8 Å². The zero-order chi connectivity index (χ0) is 16.9. The summed E-state index contributed by atoms with van der Waals surface area (Å²) in [6.07, 6.45) is 5.67. The molecule has 1 unspecified atom stereocenters. The van der Waals surface area contributed by atoms with E-state index in [0.29, 0.717) is 12.0 Å². The lowest BCUT2D eigenvalue weighted by molar-refractivity contribution is 0.0948. The first-order valence-corrected chi connectivity index (χ1v) is 9.32. The van der Waals surface area contributed by atoms with Crippen molar-refractivity contribution in [3.05, 3.63) is 29.1 Å². The second kappa shape index (κ2) is 8.08. The Labute approximate surface area is 145 Å². The van der Waals surface area contributed by atoms with Gasteiger partial charge in [-0.15, -0.1) is 0 Å². The number of carbonyl (C=O) groups excluding carboxylic acids is 1. The molecule has 0 saturated carbocycles. The molecule has 0 aromatic carbocycles. The van der Waals surface area contributed by atoms with Gasteiger partial charge in [0, 0.05) is 24.2 Å². The van der Waals surface area contributed by atoms with Gasteiger partial charge in [0.2, 0.25) is 0 Å². The standard InChI is InChI=1S/C19H30N4O/c1-14-5-6-17(18(22-14)15-7-10-20-11-8-15)19(24)21-12-9-16-4-3-13-23(16)2/h5-6,15-16,20H,3-4,7-13H2,1-2H3,(H,21,24). The molecule has 1 amide bonds. The third-order valence-electron chi connectivity index (χ3n) is 5.47. The highest BCUT2D eigenvalue weighted by Gasteiger charge is 2.24. The molecule has 1 aromatic heterocycles. The Morgan fingerprint density at radius 2 is 2.12 bits per heavy atom. The summed E-state index contributed by atoms with van der Waals surface area (Å²) in [4.78, 5) is 19.8. The van der Waals surface area contributed by atoms with Crippen LogP contribution in [0, 0.1) is 6.92 Å². The molecule has 2 fully saturated rings. The fourth-order valence-electron chi connectivity index (χ4n) is 3.97. The maximum atomic E-state index is 12.7. The van der Waals surface area contributed by atoms with Crippen LogP contribution in [0.15, 0.2) is 12.1 Å². The van der Waals surface area contributed by atoms with E-state index in [1.165, 1.54) is 19.4 Å². The maximum absolute atomic E-state index is 12.7. The van der Waals surface area contributed by atoms with Crippen molar-refractivity contribution in [2.45, 2.75) is 51.0 Å². The van der Waals surface area contributed by atoms with Crippen molar-refractivity contribution in [3.8, 4) is 0 Å². The lowest BCUT2D eigenvalue weighted by atomic mass is 9.90. The van der Waals surface area contributed by atoms with Crippen molar-refractivity contribution in [1.29, 1.82) is 0 Å². The Bertz CT molecular complexity index is 568. The van der Waals surface area contributed by atoms with Gasteiger partial charge in [0.1, 0.15) is 0 Å². The largest absolute Gasteiger partial charge is 0.352 e. The number of pyridine rings is 1. The van der Waals surface area contributed by atoms with Crippen molar-refractivity contribution in [3.63, 3.8) is 0 Å². The summed E-state index contributed by atoms with van der Waals surface area (Å²) < 4.78 is 0. The minimum absolute atomic E-state index is 0.0386. The number of nitrogens with one attached hydrogen (secondary N) is 2. The number of hydrogen-bond donors (Lipinski definition) is 2. The Morgan fingerprint density at radius 1 is 1.33 bits per heavy atom. The van der Waals surface area contributed by atoms with Crippen LogP contribution >= 0.6 is 0 Å². The lowest BCUT2D eigenvalue weighted by Gasteiger charge is -2.24. The minimum Gasteiger partial charge on any atom is -0.352 e. The van der Waals surface area contributed by atoms with Crippen molar-refractivity contribution < 1.29 is 4.79 Å². The maximum Gasteiger partial charge on any atom is 0.253 e. The molecule has 0 bridgehead atoms. The van der Waals surface area contributed by atoms with E-state index < -0.39 is 0 Å². The van der Waals surface area contributed by atoms with Gasteiger partial charge < -0.3 is 15.5 Å². The summed E-state index contributed by atoms with van der Waals surface area (Å²) in [5.74, 6) is 0.435. The van der Waals surface area contributed by atoms with Gasteiger partial charge in [0.05, 0.1) is 11.3 Å². The lowest BCUT2D eigenvalue weighted by Crippen LogP contribution is -2.33. The van der Waals surface area contributed by atoms with Crippen LogP contribution in [-0.4, -0.2) is 55.1 Å². The van der Waals surface area contributed by atoms with Crippen LogP contribution in [0.4, 0.5) is 0 Å². The summed E-state index contributed by atoms with van der Waals surface area (Å²) in [6, 6.07) is 4.52. The number of carbonyl (C=O) groups is 1. The molecule has 2 aliphatic heterocycles. The predicted molar refractivity (Wildman–Crippen MR) is 96.4 cm³/mol. The molecule has 24 heavy (non-hydrogen) atoms. The van der Waals surface area contributed by atoms with Crippen molar-refractivity contribution in [2.75, 3.05) is 33.2 Å². The molecule has 0 spiro atoms. The average molecular weight is 330 g/mol. The number of rotatable bonds is 5. The first-order chi connectivity index (χ1) is 11.6. The van der Waals surface area contributed by atoms with E-state index in [1.807, 2.05) is 19.1 Å². The van der Waals surface area contributed by atoms with Gasteiger partial charge in [-0.3, -0.25) is 9.78 Å². The molecule has 0 radical (unpaired) electrons. The van der Waals surface area contributed by atoms with Crippen LogP contribution in [0.2, 0.25) is 0 Å². The molecular formula is C19H30N4O. The van der Waals surface area contributed by atoms with Crippen LogP contribution in [0.25, 0.3) is 0 Å². The SMILES string of the molecule is Cc1ccc(C(=O)NCCC2CCCN2C)c(C2CCNCC2)n1. The second-order valence-corrected chi connectivity index (χ2v) is 7.23. The fraction of sp³-hybridized carbons (Fsp3) is 0.684. The summed E-state index contributed by atoms with van der Waals surface area (Å²) in [7, 11) is 2.18. The molecule has 0 aliphatic carbocycles. The van der Waals surface area contributed by atoms with Crippen molar-refractivity contribution in [2.24, 2.45) is 0 Å². The highest BCUT2D eigenvalue weighted by atomic mass is 16.1. The zero-order valence-electron chi connectivity index (χ0n) is 15.0. The number of aryl methyl sites for hydroxylation is 1. The third-order valence-corrected chi connectivity index (χ3v) is 5.47. The quantitative estimate of drug-likeness (QED) is 0.868. The number of likely N-dealkylation sites (tertiary alicyclic amines) is 1. The monoisotopic (exact) mass is 330 g/mol. The molecule has 3 heterocycles. The highest BCUT2D eigenvalue weighted by Crippen LogP contribution is 2.27. The van der Waals surface area contributed by atoms with Crippen molar-refractivity contribution >= 4 is 5.91 Å². The molecule has 2 saturated heterocycles. The number of hydrogen-bond acceptors (Lipinski definition) is 4. The van der Waals surface area contributed by atoms with E-state index in [1.54, 1.807) is 0 Å². The van der Waals surface area contributed by atoms with Crippen LogP contribution in [0.5, 0.6) is 0 Å². The van der Waals surface area contributed by atoms with E-state index in [-0.39, 0.29) is 5.91 Å². The Kier molecular flexibility index (Phi) is 5.85. The van der Waals surface area contributed by atoms with E-state index >= 15 is 0 Å². The number of piperidine rings is 1. The number of aromatic nitrogens is 1. The molecule has 5 nitrogen and oxygen atoms in total. The molecule has 3 rings (SSSR count). The first-order valence-electron chi connectivity index (χ1n) is 9.32. The Morgan fingerprint density at radius 3 is 2.83 bits per heavy atom. The van der Waals surface area contributed by atoms with Gasteiger partial charge >= 0.3 is 0 Å². The molecular weight excluding hydrogens is 300 g/mol. The zero-order valence-corrected chi connectivity index (χ0v) is 15.0. The smallest absolute Gasteiger partial charge is 0.253 e. The predicted octanol–water partition coefficient (Wildman–Crippen LogP) is 2.07. The number of amides is 1. The molecule has 1 aromatic rings. The average Bonchev–Trinajstić information content (AvgIpc) is 3.00. The van der Waals surface area contributed by atoms with Crippen LogP contribution in [0.3, 0.4) is 0 Å². The third kappa shape index (κ3) is 4.14. The summed E-state index contributed by atoms with van der Waals surface area (Å²) in [6.45, 7) is 5.95. The van der Waals surface area contributed by atoms with E-state index in [0.717, 1.165) is 55.8 Å². The summed E-state index contributed by atoms with van der Waals surface area (Å²) in [5.41, 5.74) is 2.76. The summed E-state index contributed by atoms with van der Waals surface area (Å²) in [5, 5.41) is 6.51. The van der Waals surface area contributed by atoms with Crippen LogP contribution < -0.4 is 10.6 Å². The molecule has 1 atom stereocenters. The van der Waals surface area contributed by atoms with E-state index in [9.17, 15) is 4.79 Å². The second-order valence-electron chi connectivity index (χ2n) is 7.23. The highest BCUT2D eigenvalue weighted by molar-refractivity contribution is 5.95. The van der Waals surface area contributed by atoms with Gasteiger partial charge in [-0.1, -0.05) is 0 Å².